The van der Waals surface area contributed by atoms with E-state index in [2.05, 4.69) is 0 Å². The Morgan fingerprint density at radius 1 is 1.33 bits per heavy atom. The van der Waals surface area contributed by atoms with Crippen molar-refractivity contribution < 1.29 is 5.11 Å². The molecule has 1 aromatic rings. The second kappa shape index (κ2) is 4.54. The summed E-state index contributed by atoms with van der Waals surface area (Å²) in [6.45, 7) is 0. The van der Waals surface area contributed by atoms with Gasteiger partial charge in [-0.1, -0.05) is 29.3 Å². The highest BCUT2D eigenvalue weighted by atomic mass is 35.5. The summed E-state index contributed by atoms with van der Waals surface area (Å²) in [6.07, 6.45) is 1.37. The van der Waals surface area contributed by atoms with Crippen molar-refractivity contribution in [3.63, 3.8) is 0 Å². The molecule has 1 fully saturated rings. The first kappa shape index (κ1) is 11.6. The normalized spacial score (nSPS) is 25.8. The number of benzene rings is 1. The topological polar surface area (TPSA) is 20.2 Å². The summed E-state index contributed by atoms with van der Waals surface area (Å²) in [4.78, 5) is 0. The molecule has 4 heteroatoms. The Labute approximate surface area is 104 Å². The Hall–Kier alpha value is 0.110. The van der Waals surface area contributed by atoms with Gasteiger partial charge in [-0.15, -0.1) is 0 Å². The molecule has 0 amide bonds. The zero-order chi connectivity index (χ0) is 10.9. The van der Waals surface area contributed by atoms with Crippen LogP contribution in [0.4, 0.5) is 0 Å². The van der Waals surface area contributed by atoms with Crippen LogP contribution >= 0.6 is 35.0 Å². The lowest BCUT2D eigenvalue weighted by Gasteiger charge is -2.22. The fraction of sp³-hybridized carbons (Fsp3) is 0.455. The van der Waals surface area contributed by atoms with E-state index in [9.17, 15) is 5.11 Å². The van der Waals surface area contributed by atoms with Gasteiger partial charge in [0.25, 0.3) is 0 Å². The number of halogens is 2. The van der Waals surface area contributed by atoms with Gasteiger partial charge in [0, 0.05) is 22.2 Å². The molecule has 1 unspecified atom stereocenters. The van der Waals surface area contributed by atoms with Gasteiger partial charge in [0.1, 0.15) is 0 Å². The van der Waals surface area contributed by atoms with Gasteiger partial charge in [-0.05, 0) is 29.9 Å². The van der Waals surface area contributed by atoms with Crippen molar-refractivity contribution in [2.75, 3.05) is 11.5 Å². The van der Waals surface area contributed by atoms with Gasteiger partial charge in [-0.3, -0.25) is 0 Å². The SMILES string of the molecule is OC1(Cc2c(Cl)cccc2Cl)CCSC1. The Bertz CT molecular complexity index is 341. The summed E-state index contributed by atoms with van der Waals surface area (Å²) in [5.74, 6) is 1.78. The van der Waals surface area contributed by atoms with E-state index < -0.39 is 5.60 Å². The first-order valence-corrected chi connectivity index (χ1v) is 6.75. The maximum absolute atomic E-state index is 10.3. The zero-order valence-electron chi connectivity index (χ0n) is 8.17. The number of hydrogen-bond acceptors (Lipinski definition) is 2. The lowest BCUT2D eigenvalue weighted by molar-refractivity contribution is 0.0687. The molecule has 1 aliphatic rings. The van der Waals surface area contributed by atoms with Crippen LogP contribution in [0.3, 0.4) is 0 Å². The van der Waals surface area contributed by atoms with E-state index in [4.69, 9.17) is 23.2 Å². The van der Waals surface area contributed by atoms with Gasteiger partial charge < -0.3 is 5.11 Å². The molecule has 0 saturated carbocycles. The summed E-state index contributed by atoms with van der Waals surface area (Å²) in [6, 6.07) is 5.45. The third-order valence-electron chi connectivity index (χ3n) is 2.65. The number of thioether (sulfide) groups is 1. The second-order valence-corrected chi connectivity index (χ2v) is 5.82. The highest BCUT2D eigenvalue weighted by Gasteiger charge is 2.33. The number of rotatable bonds is 2. The molecule has 0 bridgehead atoms. The lowest BCUT2D eigenvalue weighted by atomic mass is 9.94. The fourth-order valence-electron chi connectivity index (χ4n) is 1.77. The molecule has 15 heavy (non-hydrogen) atoms. The van der Waals surface area contributed by atoms with E-state index in [0.717, 1.165) is 23.5 Å². The molecule has 0 spiro atoms. The lowest BCUT2D eigenvalue weighted by Crippen LogP contribution is -2.31. The highest BCUT2D eigenvalue weighted by molar-refractivity contribution is 7.99. The number of aliphatic hydroxyl groups is 1. The van der Waals surface area contributed by atoms with Crippen molar-refractivity contribution in [3.8, 4) is 0 Å². The largest absolute Gasteiger partial charge is 0.389 e. The summed E-state index contributed by atoms with van der Waals surface area (Å²) in [7, 11) is 0. The third-order valence-corrected chi connectivity index (χ3v) is 4.59. The summed E-state index contributed by atoms with van der Waals surface area (Å²) < 4.78 is 0. The van der Waals surface area contributed by atoms with Crippen LogP contribution in [-0.4, -0.2) is 22.2 Å². The maximum atomic E-state index is 10.3. The zero-order valence-corrected chi connectivity index (χ0v) is 10.5. The van der Waals surface area contributed by atoms with E-state index in [1.54, 1.807) is 11.8 Å². The van der Waals surface area contributed by atoms with Crippen LogP contribution < -0.4 is 0 Å². The highest BCUT2D eigenvalue weighted by Crippen LogP contribution is 2.35. The van der Waals surface area contributed by atoms with E-state index in [-0.39, 0.29) is 0 Å². The fourth-order valence-corrected chi connectivity index (χ4v) is 3.59. The molecule has 1 nitrogen and oxygen atoms in total. The molecule has 0 radical (unpaired) electrons. The van der Waals surface area contributed by atoms with Gasteiger partial charge >= 0.3 is 0 Å². The molecule has 1 heterocycles. The molecule has 1 saturated heterocycles. The van der Waals surface area contributed by atoms with Crippen molar-refractivity contribution in [1.29, 1.82) is 0 Å². The third kappa shape index (κ3) is 2.62. The summed E-state index contributed by atoms with van der Waals surface area (Å²) >= 11 is 13.9. The van der Waals surface area contributed by atoms with E-state index >= 15 is 0 Å². The van der Waals surface area contributed by atoms with Crippen LogP contribution in [-0.2, 0) is 6.42 Å². The molecule has 1 atom stereocenters. The van der Waals surface area contributed by atoms with Gasteiger partial charge in [0.05, 0.1) is 5.60 Å². The monoisotopic (exact) mass is 262 g/mol. The molecule has 0 aromatic heterocycles. The van der Waals surface area contributed by atoms with E-state index in [1.807, 2.05) is 18.2 Å². The maximum Gasteiger partial charge on any atom is 0.0786 e. The Morgan fingerprint density at radius 3 is 2.53 bits per heavy atom. The van der Waals surface area contributed by atoms with Crippen molar-refractivity contribution in [2.45, 2.75) is 18.4 Å². The van der Waals surface area contributed by atoms with Gasteiger partial charge in [0.15, 0.2) is 0 Å². The molecule has 82 valence electrons. The Morgan fingerprint density at radius 2 is 2.00 bits per heavy atom. The van der Waals surface area contributed by atoms with E-state index in [0.29, 0.717) is 16.5 Å². The molecular weight excluding hydrogens is 251 g/mol. The predicted octanol–water partition coefficient (Wildman–Crippen LogP) is 3.40. The van der Waals surface area contributed by atoms with Gasteiger partial charge in [-0.2, -0.15) is 11.8 Å². The van der Waals surface area contributed by atoms with Crippen LogP contribution in [0.15, 0.2) is 18.2 Å². The minimum atomic E-state index is -0.626. The van der Waals surface area contributed by atoms with Crippen LogP contribution in [0.25, 0.3) is 0 Å². The Balaban J connectivity index is 2.23. The minimum absolute atomic E-state index is 0.554. The van der Waals surface area contributed by atoms with Crippen LogP contribution in [0.5, 0.6) is 0 Å². The van der Waals surface area contributed by atoms with E-state index in [1.165, 1.54) is 0 Å². The average Bonchev–Trinajstić information content (AvgIpc) is 2.60. The average molecular weight is 263 g/mol. The minimum Gasteiger partial charge on any atom is -0.389 e. The standard InChI is InChI=1S/C11H12Cl2OS/c12-9-2-1-3-10(13)8(9)6-11(14)4-5-15-7-11/h1-3,14H,4-7H2. The van der Waals surface area contributed by atoms with Gasteiger partial charge in [-0.25, -0.2) is 0 Å². The quantitative estimate of drug-likeness (QED) is 0.882. The van der Waals surface area contributed by atoms with Crippen molar-refractivity contribution in [3.05, 3.63) is 33.8 Å². The van der Waals surface area contributed by atoms with Gasteiger partial charge in [0.2, 0.25) is 0 Å². The molecule has 1 aliphatic heterocycles. The molecule has 0 aliphatic carbocycles. The second-order valence-electron chi connectivity index (χ2n) is 3.90. The molecule has 2 rings (SSSR count). The molecular formula is C11H12Cl2OS. The predicted molar refractivity (Wildman–Crippen MR) is 67.1 cm³/mol. The van der Waals surface area contributed by atoms with Crippen molar-refractivity contribution in [1.82, 2.24) is 0 Å². The van der Waals surface area contributed by atoms with Crippen molar-refractivity contribution >= 4 is 35.0 Å². The first-order valence-electron chi connectivity index (χ1n) is 4.84. The van der Waals surface area contributed by atoms with Crippen LogP contribution in [0.2, 0.25) is 10.0 Å². The van der Waals surface area contributed by atoms with Crippen molar-refractivity contribution in [2.24, 2.45) is 0 Å². The van der Waals surface area contributed by atoms with Crippen LogP contribution in [0, 0.1) is 0 Å². The summed E-state index contributed by atoms with van der Waals surface area (Å²) in [5, 5.41) is 11.5. The molecule has 1 N–H and O–H groups in total. The first-order chi connectivity index (χ1) is 7.11. The summed E-state index contributed by atoms with van der Waals surface area (Å²) in [5.41, 5.74) is 0.241. The smallest absolute Gasteiger partial charge is 0.0786 e. The molecule has 1 aromatic carbocycles. The Kier molecular flexibility index (Phi) is 3.51. The number of hydrogen-bond donors (Lipinski definition) is 1. The van der Waals surface area contributed by atoms with Crippen LogP contribution in [0.1, 0.15) is 12.0 Å².